The lowest BCUT2D eigenvalue weighted by Gasteiger charge is -2.32. The van der Waals surface area contributed by atoms with Crippen molar-refractivity contribution in [2.75, 3.05) is 33.2 Å². The summed E-state index contributed by atoms with van der Waals surface area (Å²) in [5, 5.41) is 4.84. The summed E-state index contributed by atoms with van der Waals surface area (Å²) in [5.74, 6) is 0.506. The van der Waals surface area contributed by atoms with Gasteiger partial charge in [-0.15, -0.1) is 23.7 Å². The van der Waals surface area contributed by atoms with Crippen LogP contribution >= 0.6 is 23.7 Å². The van der Waals surface area contributed by atoms with Gasteiger partial charge in [-0.1, -0.05) is 6.07 Å². The topological polar surface area (TPSA) is 78.5 Å². The quantitative estimate of drug-likeness (QED) is 0.746. The summed E-state index contributed by atoms with van der Waals surface area (Å²) in [6.45, 7) is 2.27. The molecule has 132 valence electrons. The molecule has 1 saturated heterocycles. The Morgan fingerprint density at radius 3 is 2.65 bits per heavy atom. The minimum absolute atomic E-state index is 0. The molecule has 6 nitrogen and oxygen atoms in total. The van der Waals surface area contributed by atoms with Crippen LogP contribution in [0.1, 0.15) is 19.3 Å². The molecule has 1 amide bonds. The second kappa shape index (κ2) is 9.58. The Hall–Kier alpha value is -0.670. The van der Waals surface area contributed by atoms with Crippen molar-refractivity contribution in [2.24, 2.45) is 5.92 Å². The number of nitrogens with one attached hydrogen (secondary N) is 2. The molecule has 1 aromatic rings. The van der Waals surface area contributed by atoms with Crippen LogP contribution < -0.4 is 10.0 Å². The highest BCUT2D eigenvalue weighted by atomic mass is 35.5. The number of carbonyl (C=O) groups is 1. The van der Waals surface area contributed by atoms with E-state index < -0.39 is 10.0 Å². The number of nitrogens with zero attached hydrogens (tertiary/aromatic N) is 1. The van der Waals surface area contributed by atoms with Crippen LogP contribution in [0.5, 0.6) is 0 Å². The molecule has 0 aliphatic carbocycles. The first kappa shape index (κ1) is 20.4. The van der Waals surface area contributed by atoms with Crippen LogP contribution in [-0.4, -0.2) is 52.5 Å². The predicted molar refractivity (Wildman–Crippen MR) is 94.6 cm³/mol. The smallest absolute Gasteiger partial charge is 0.250 e. The van der Waals surface area contributed by atoms with Crippen molar-refractivity contribution in [1.29, 1.82) is 0 Å². The lowest BCUT2D eigenvalue weighted by atomic mass is 9.93. The van der Waals surface area contributed by atoms with Crippen molar-refractivity contribution >= 4 is 39.7 Å². The molecule has 2 N–H and O–H groups in total. The fraction of sp³-hybridized carbons (Fsp3) is 0.643. The van der Waals surface area contributed by atoms with Crippen molar-refractivity contribution < 1.29 is 13.2 Å². The van der Waals surface area contributed by atoms with Gasteiger partial charge in [0.1, 0.15) is 4.21 Å². The Morgan fingerprint density at radius 2 is 2.09 bits per heavy atom. The normalized spacial score (nSPS) is 16.1. The molecular formula is C14H24ClN3O3S2. The second-order valence-corrected chi connectivity index (χ2v) is 8.41. The van der Waals surface area contributed by atoms with Gasteiger partial charge in [-0.2, -0.15) is 0 Å². The van der Waals surface area contributed by atoms with Crippen LogP contribution in [0.15, 0.2) is 21.7 Å². The number of thiophene rings is 1. The molecule has 0 radical (unpaired) electrons. The molecule has 0 spiro atoms. The number of carbonyl (C=O) groups excluding carboxylic acids is 1. The number of sulfonamides is 1. The zero-order valence-electron chi connectivity index (χ0n) is 13.2. The Bertz CT molecular complexity index is 570. The first-order valence-corrected chi connectivity index (χ1v) is 9.85. The molecule has 1 aromatic heterocycles. The molecule has 1 aliphatic heterocycles. The Kier molecular flexibility index (Phi) is 8.49. The average Bonchev–Trinajstić information content (AvgIpc) is 3.06. The van der Waals surface area contributed by atoms with Crippen LogP contribution in [0, 0.1) is 5.92 Å². The first-order valence-electron chi connectivity index (χ1n) is 7.48. The summed E-state index contributed by atoms with van der Waals surface area (Å²) < 4.78 is 26.6. The Labute approximate surface area is 148 Å². The van der Waals surface area contributed by atoms with E-state index in [1.54, 1.807) is 16.3 Å². The van der Waals surface area contributed by atoms with Gasteiger partial charge in [0, 0.05) is 13.1 Å². The second-order valence-electron chi connectivity index (χ2n) is 5.47. The maximum absolute atomic E-state index is 12.1. The molecule has 0 unspecified atom stereocenters. The first-order chi connectivity index (χ1) is 10.5. The summed E-state index contributed by atoms with van der Waals surface area (Å²) in [4.78, 5) is 13.9. The maximum Gasteiger partial charge on any atom is 0.250 e. The van der Waals surface area contributed by atoms with Gasteiger partial charge in [-0.3, -0.25) is 4.79 Å². The highest BCUT2D eigenvalue weighted by Crippen LogP contribution is 2.20. The van der Waals surface area contributed by atoms with E-state index >= 15 is 0 Å². The number of piperidine rings is 1. The number of hydrogen-bond donors (Lipinski definition) is 2. The summed E-state index contributed by atoms with van der Waals surface area (Å²) in [6, 6.07) is 3.21. The zero-order valence-corrected chi connectivity index (χ0v) is 15.6. The molecule has 0 bridgehead atoms. The van der Waals surface area contributed by atoms with Gasteiger partial charge in [0.25, 0.3) is 10.0 Å². The zero-order chi connectivity index (χ0) is 16.0. The van der Waals surface area contributed by atoms with E-state index in [1.165, 1.54) is 6.07 Å². The van der Waals surface area contributed by atoms with Crippen LogP contribution in [0.2, 0.25) is 0 Å². The lowest BCUT2D eigenvalue weighted by Crippen LogP contribution is -2.44. The third-order valence-corrected chi connectivity index (χ3v) is 6.74. The molecule has 1 aliphatic rings. The fourth-order valence-electron chi connectivity index (χ4n) is 2.58. The monoisotopic (exact) mass is 381 g/mol. The number of halogens is 1. The molecule has 23 heavy (non-hydrogen) atoms. The SMILES string of the molecule is CNCCC1CCN(C(=O)CNS(=O)(=O)c2cccs2)CC1.Cl. The summed E-state index contributed by atoms with van der Waals surface area (Å²) in [7, 11) is -1.62. The number of hydrogen-bond acceptors (Lipinski definition) is 5. The van der Waals surface area contributed by atoms with E-state index in [1.807, 2.05) is 7.05 Å². The number of amides is 1. The average molecular weight is 382 g/mol. The number of rotatable bonds is 7. The fourth-order valence-corrected chi connectivity index (χ4v) is 4.59. The van der Waals surface area contributed by atoms with Crippen molar-refractivity contribution in [2.45, 2.75) is 23.5 Å². The Morgan fingerprint density at radius 1 is 1.39 bits per heavy atom. The minimum atomic E-state index is -3.56. The largest absolute Gasteiger partial charge is 0.342 e. The highest BCUT2D eigenvalue weighted by molar-refractivity contribution is 7.91. The molecule has 2 rings (SSSR count). The highest BCUT2D eigenvalue weighted by Gasteiger charge is 2.24. The van der Waals surface area contributed by atoms with E-state index in [4.69, 9.17) is 0 Å². The lowest BCUT2D eigenvalue weighted by molar-refractivity contribution is -0.131. The van der Waals surface area contributed by atoms with E-state index in [-0.39, 0.29) is 29.1 Å². The van der Waals surface area contributed by atoms with Gasteiger partial charge >= 0.3 is 0 Å². The van der Waals surface area contributed by atoms with Gasteiger partial charge in [-0.25, -0.2) is 13.1 Å². The maximum atomic E-state index is 12.1. The predicted octanol–water partition coefficient (Wildman–Crippen LogP) is 1.30. The molecule has 0 saturated carbocycles. The van der Waals surface area contributed by atoms with E-state index in [0.29, 0.717) is 19.0 Å². The van der Waals surface area contributed by atoms with Gasteiger partial charge in [0.05, 0.1) is 6.54 Å². The van der Waals surface area contributed by atoms with Gasteiger partial charge in [0.15, 0.2) is 0 Å². The summed E-state index contributed by atoms with van der Waals surface area (Å²) in [5.41, 5.74) is 0. The van der Waals surface area contributed by atoms with Crippen LogP contribution in [0.25, 0.3) is 0 Å². The van der Waals surface area contributed by atoms with Crippen molar-refractivity contribution in [1.82, 2.24) is 14.9 Å². The standard InChI is InChI=1S/C14H23N3O3S2.ClH/c1-15-7-4-12-5-8-17(9-6-12)13(18)11-16-22(19,20)14-3-2-10-21-14;/h2-3,10,12,15-16H,4-9,11H2,1H3;1H. The van der Waals surface area contributed by atoms with Gasteiger partial charge < -0.3 is 10.2 Å². The number of likely N-dealkylation sites (tertiary alicyclic amines) is 1. The van der Waals surface area contributed by atoms with E-state index in [2.05, 4.69) is 10.0 Å². The third-order valence-electron chi connectivity index (χ3n) is 3.94. The molecule has 9 heteroatoms. The van der Waals surface area contributed by atoms with Crippen molar-refractivity contribution in [3.05, 3.63) is 17.5 Å². The van der Waals surface area contributed by atoms with Crippen molar-refractivity contribution in [3.8, 4) is 0 Å². The molecule has 0 atom stereocenters. The molecule has 2 heterocycles. The van der Waals surface area contributed by atoms with Gasteiger partial charge in [0.2, 0.25) is 5.91 Å². The summed E-state index contributed by atoms with van der Waals surface area (Å²) >= 11 is 1.14. The molecular weight excluding hydrogens is 358 g/mol. The van der Waals surface area contributed by atoms with Crippen LogP contribution in [-0.2, 0) is 14.8 Å². The minimum Gasteiger partial charge on any atom is -0.342 e. The van der Waals surface area contributed by atoms with Crippen LogP contribution in [0.3, 0.4) is 0 Å². The third kappa shape index (κ3) is 6.04. The van der Waals surface area contributed by atoms with E-state index in [0.717, 1.165) is 37.1 Å². The van der Waals surface area contributed by atoms with Gasteiger partial charge in [-0.05, 0) is 50.2 Å². The molecule has 1 fully saturated rings. The Balaban J connectivity index is 0.00000264. The van der Waals surface area contributed by atoms with Crippen LogP contribution in [0.4, 0.5) is 0 Å². The van der Waals surface area contributed by atoms with Crippen molar-refractivity contribution in [3.63, 3.8) is 0 Å². The molecule has 0 aromatic carbocycles. The van der Waals surface area contributed by atoms with E-state index in [9.17, 15) is 13.2 Å². The summed E-state index contributed by atoms with van der Waals surface area (Å²) in [6.07, 6.45) is 3.11.